The van der Waals surface area contributed by atoms with Crippen LogP contribution in [-0.2, 0) is 11.2 Å². The predicted molar refractivity (Wildman–Crippen MR) is 117 cm³/mol. The number of ether oxygens (including phenoxy) is 2. The van der Waals surface area contributed by atoms with Gasteiger partial charge in [0.1, 0.15) is 18.0 Å². The average molecular weight is 445 g/mol. The molecule has 2 aromatic carbocycles. The van der Waals surface area contributed by atoms with E-state index in [-0.39, 0.29) is 13.0 Å². The summed E-state index contributed by atoms with van der Waals surface area (Å²) in [5.74, 6) is 2.72. The summed E-state index contributed by atoms with van der Waals surface area (Å²) in [5, 5.41) is 30.6. The van der Waals surface area contributed by atoms with Crippen molar-refractivity contribution in [1.29, 1.82) is 0 Å². The van der Waals surface area contributed by atoms with Gasteiger partial charge in [0.15, 0.2) is 0 Å². The van der Waals surface area contributed by atoms with E-state index in [0.717, 1.165) is 34.3 Å². The number of hydrogen-bond acceptors (Lipinski definition) is 5. The molecule has 0 amide bonds. The third kappa shape index (κ3) is 4.62. The molecular formula is C25H29ClO5. The van der Waals surface area contributed by atoms with Crippen LogP contribution in [0.2, 0.25) is 5.02 Å². The lowest BCUT2D eigenvalue weighted by Gasteiger charge is -2.37. The molecule has 31 heavy (non-hydrogen) atoms. The minimum Gasteiger partial charge on any atom is -0.490 e. The fourth-order valence-corrected chi connectivity index (χ4v) is 5.29. The van der Waals surface area contributed by atoms with Crippen LogP contribution in [0.3, 0.4) is 0 Å². The minimum absolute atomic E-state index is 0.197. The van der Waals surface area contributed by atoms with E-state index in [1.165, 1.54) is 19.3 Å². The van der Waals surface area contributed by atoms with Gasteiger partial charge in [-0.25, -0.2) is 0 Å². The number of rotatable bonds is 6. The van der Waals surface area contributed by atoms with Crippen molar-refractivity contribution in [3.05, 3.63) is 64.2 Å². The van der Waals surface area contributed by atoms with E-state index in [1.54, 1.807) is 12.1 Å². The van der Waals surface area contributed by atoms with Gasteiger partial charge < -0.3 is 24.8 Å². The summed E-state index contributed by atoms with van der Waals surface area (Å²) >= 11 is 6.45. The van der Waals surface area contributed by atoms with Crippen molar-refractivity contribution in [2.75, 3.05) is 6.61 Å². The van der Waals surface area contributed by atoms with Gasteiger partial charge in [0, 0.05) is 11.4 Å². The zero-order chi connectivity index (χ0) is 21.5. The van der Waals surface area contributed by atoms with Crippen molar-refractivity contribution in [1.82, 2.24) is 0 Å². The molecule has 1 saturated heterocycles. The van der Waals surface area contributed by atoms with E-state index in [1.807, 2.05) is 18.2 Å². The van der Waals surface area contributed by atoms with E-state index in [4.69, 9.17) is 21.1 Å². The van der Waals surface area contributed by atoms with Gasteiger partial charge in [0.25, 0.3) is 0 Å². The molecule has 0 bridgehead atoms. The Bertz CT molecular complexity index is 907. The van der Waals surface area contributed by atoms with Crippen LogP contribution in [0.5, 0.6) is 5.75 Å². The molecule has 1 aliphatic heterocycles. The lowest BCUT2D eigenvalue weighted by atomic mass is 9.91. The maximum absolute atomic E-state index is 10.4. The molecule has 3 aliphatic rings. The Labute approximate surface area is 187 Å². The highest BCUT2D eigenvalue weighted by molar-refractivity contribution is 6.31. The zero-order valence-corrected chi connectivity index (χ0v) is 18.1. The second-order valence-corrected chi connectivity index (χ2v) is 9.70. The quantitative estimate of drug-likeness (QED) is 0.633. The molecule has 5 nitrogen and oxygen atoms in total. The zero-order valence-electron chi connectivity index (χ0n) is 17.4. The molecule has 1 heterocycles. The molecular weight excluding hydrogens is 416 g/mol. The summed E-state index contributed by atoms with van der Waals surface area (Å²) in [4.78, 5) is 0. The third-order valence-corrected chi connectivity index (χ3v) is 7.34. The van der Waals surface area contributed by atoms with Gasteiger partial charge in [0.05, 0.1) is 24.9 Å². The van der Waals surface area contributed by atoms with Crippen LogP contribution in [0.1, 0.15) is 48.5 Å². The Hall–Kier alpha value is -1.63. The van der Waals surface area contributed by atoms with Crippen molar-refractivity contribution in [2.45, 2.75) is 62.6 Å². The molecule has 0 aromatic heterocycles. The van der Waals surface area contributed by atoms with Gasteiger partial charge in [-0.05, 0) is 72.4 Å². The number of aliphatic hydroxyl groups excluding tert-OH is 3. The molecule has 6 heteroatoms. The summed E-state index contributed by atoms with van der Waals surface area (Å²) in [5.41, 5.74) is 2.77. The topological polar surface area (TPSA) is 79.2 Å². The molecule has 6 atom stereocenters. The smallest absolute Gasteiger partial charge is 0.119 e. The summed E-state index contributed by atoms with van der Waals surface area (Å²) in [7, 11) is 0. The molecule has 2 aliphatic carbocycles. The lowest BCUT2D eigenvalue weighted by molar-refractivity contribution is -0.179. The monoisotopic (exact) mass is 444 g/mol. The first-order chi connectivity index (χ1) is 15.0. The van der Waals surface area contributed by atoms with Crippen molar-refractivity contribution in [3.63, 3.8) is 0 Å². The van der Waals surface area contributed by atoms with Gasteiger partial charge in [-0.3, -0.25) is 0 Å². The number of benzene rings is 2. The van der Waals surface area contributed by atoms with Crippen molar-refractivity contribution < 1.29 is 24.8 Å². The summed E-state index contributed by atoms with van der Waals surface area (Å²) in [6, 6.07) is 13.7. The van der Waals surface area contributed by atoms with E-state index in [9.17, 15) is 15.3 Å². The first-order valence-electron chi connectivity index (χ1n) is 11.2. The largest absolute Gasteiger partial charge is 0.490 e. The molecule has 0 radical (unpaired) electrons. The second kappa shape index (κ2) is 8.72. The maximum atomic E-state index is 10.4. The number of fused-ring (bicyclic) bond motifs is 1. The highest BCUT2D eigenvalue weighted by Gasteiger charge is 2.46. The van der Waals surface area contributed by atoms with Crippen LogP contribution in [0.4, 0.5) is 0 Å². The Kier molecular flexibility index (Phi) is 5.97. The number of aliphatic hydroxyl groups is 3. The Morgan fingerprint density at radius 2 is 1.71 bits per heavy atom. The molecule has 2 unspecified atom stereocenters. The SMILES string of the molecule is OC[C@@H]1C[C@H](O)[C@@H](O)[C@H](c2ccc(Cl)c(Cc3ccc(OC4CC5CC5C4)cc3)c2)O1. The molecule has 2 saturated carbocycles. The summed E-state index contributed by atoms with van der Waals surface area (Å²) in [6.07, 6.45) is 1.79. The fourth-order valence-electron chi connectivity index (χ4n) is 5.11. The number of hydrogen-bond donors (Lipinski definition) is 3. The fraction of sp³-hybridized carbons (Fsp3) is 0.520. The number of halogens is 1. The first kappa shape index (κ1) is 21.2. The van der Waals surface area contributed by atoms with Crippen molar-refractivity contribution in [3.8, 4) is 5.75 Å². The maximum Gasteiger partial charge on any atom is 0.119 e. The molecule has 0 spiro atoms. The Morgan fingerprint density at radius 1 is 0.968 bits per heavy atom. The Balaban J connectivity index is 1.28. The van der Waals surface area contributed by atoms with Crippen LogP contribution in [0, 0.1) is 11.8 Å². The van der Waals surface area contributed by atoms with Crippen molar-refractivity contribution in [2.24, 2.45) is 11.8 Å². The molecule has 3 N–H and O–H groups in total. The molecule has 2 aromatic rings. The van der Waals surface area contributed by atoms with Gasteiger partial charge in [-0.2, -0.15) is 0 Å². The first-order valence-corrected chi connectivity index (χ1v) is 11.5. The molecule has 166 valence electrons. The highest BCUT2D eigenvalue weighted by Crippen LogP contribution is 2.52. The van der Waals surface area contributed by atoms with Gasteiger partial charge in [-0.1, -0.05) is 35.9 Å². The Morgan fingerprint density at radius 3 is 2.42 bits per heavy atom. The van der Waals surface area contributed by atoms with Crippen LogP contribution >= 0.6 is 11.6 Å². The average Bonchev–Trinajstić information content (AvgIpc) is 3.38. The standard InChI is InChI=1S/C25H29ClO5/c26-22-6-3-15(25-24(29)23(28)12-21(13-27)31-25)8-18(22)7-14-1-4-19(5-2-14)30-20-10-16-9-17(16)11-20/h1-6,8,16-17,20-21,23-25,27-29H,7,9-13H2/t16?,17?,20?,21-,23-,24+,25-/m0/s1. The van der Waals surface area contributed by atoms with E-state index >= 15 is 0 Å². The third-order valence-electron chi connectivity index (χ3n) is 6.97. The highest BCUT2D eigenvalue weighted by atomic mass is 35.5. The van der Waals surface area contributed by atoms with E-state index < -0.39 is 24.4 Å². The van der Waals surface area contributed by atoms with E-state index in [2.05, 4.69) is 12.1 Å². The van der Waals surface area contributed by atoms with Crippen LogP contribution < -0.4 is 4.74 Å². The van der Waals surface area contributed by atoms with Crippen molar-refractivity contribution >= 4 is 11.6 Å². The van der Waals surface area contributed by atoms with Crippen LogP contribution in [0.25, 0.3) is 0 Å². The van der Waals surface area contributed by atoms with Gasteiger partial charge in [-0.15, -0.1) is 0 Å². The minimum atomic E-state index is -1.05. The van der Waals surface area contributed by atoms with E-state index in [0.29, 0.717) is 17.5 Å². The summed E-state index contributed by atoms with van der Waals surface area (Å²) < 4.78 is 12.0. The van der Waals surface area contributed by atoms with Gasteiger partial charge in [0.2, 0.25) is 0 Å². The van der Waals surface area contributed by atoms with Crippen LogP contribution in [0.15, 0.2) is 42.5 Å². The second-order valence-electron chi connectivity index (χ2n) is 9.29. The molecule has 5 rings (SSSR count). The summed E-state index contributed by atoms with van der Waals surface area (Å²) in [6.45, 7) is -0.197. The normalized spacial score (nSPS) is 34.4. The molecule has 3 fully saturated rings. The van der Waals surface area contributed by atoms with Gasteiger partial charge >= 0.3 is 0 Å². The predicted octanol–water partition coefficient (Wildman–Crippen LogP) is 3.65. The lowest BCUT2D eigenvalue weighted by Crippen LogP contribution is -2.44. The van der Waals surface area contributed by atoms with Crippen LogP contribution in [-0.4, -0.2) is 46.3 Å².